The smallest absolute Gasteiger partial charge is 0.418 e. The lowest BCUT2D eigenvalue weighted by Crippen LogP contribution is -2.43. The number of phenols is 1. The number of alkyl halides is 3. The zero-order valence-electron chi connectivity index (χ0n) is 23.2. The quantitative estimate of drug-likeness (QED) is 0.325. The number of anilines is 1. The summed E-state index contributed by atoms with van der Waals surface area (Å²) in [5.41, 5.74) is -2.84. The largest absolute Gasteiger partial charge is 0.508 e. The molecule has 4 aliphatic rings. The minimum Gasteiger partial charge on any atom is -0.508 e. The van der Waals surface area contributed by atoms with Crippen molar-refractivity contribution in [2.75, 3.05) is 37.7 Å². The molecule has 3 saturated heterocycles. The Balaban J connectivity index is 1.35. The van der Waals surface area contributed by atoms with Crippen molar-refractivity contribution in [3.8, 4) is 23.0 Å². The molecule has 4 atom stereocenters. The van der Waals surface area contributed by atoms with Gasteiger partial charge in [0.05, 0.1) is 21.5 Å². The zero-order valence-corrected chi connectivity index (χ0v) is 24.0. The molecule has 224 valence electrons. The standard InChI is InChI=1S/C30H32ClF4N5O2/c1-16-10-29(5-2-6-40(29)12-16)15-42-28-37-26-21(27(38-28)39-13-17-3-4-18(7-17)14-39)11-36-25(24(26)32)20-8-19(41)9-22(31)23(20)30(33,34)35/h8-9,11,16-18,41H,2-7,10,12-15H2,1H3/t16-,17?,18?,29+/m1/s1. The number of aromatic hydroxyl groups is 1. The van der Waals surface area contributed by atoms with Gasteiger partial charge < -0.3 is 14.7 Å². The van der Waals surface area contributed by atoms with Crippen LogP contribution in [0, 0.1) is 23.6 Å². The first-order valence-corrected chi connectivity index (χ1v) is 15.0. The number of rotatable bonds is 5. The number of phenolic OH excluding ortho intramolecular Hbond substituents is 1. The third-order valence-corrected chi connectivity index (χ3v) is 9.93. The van der Waals surface area contributed by atoms with E-state index in [9.17, 15) is 18.3 Å². The summed E-state index contributed by atoms with van der Waals surface area (Å²) in [7, 11) is 0. The van der Waals surface area contributed by atoms with E-state index in [2.05, 4.69) is 26.7 Å². The Kier molecular flexibility index (Phi) is 6.69. The molecule has 2 aromatic heterocycles. The van der Waals surface area contributed by atoms with Gasteiger partial charge in [0, 0.05) is 31.4 Å². The summed E-state index contributed by atoms with van der Waals surface area (Å²) in [6, 6.07) is 1.60. The molecule has 1 aromatic carbocycles. The first-order valence-electron chi connectivity index (χ1n) is 14.6. The van der Waals surface area contributed by atoms with Crippen LogP contribution >= 0.6 is 11.6 Å². The minimum absolute atomic E-state index is 0.00256. The van der Waals surface area contributed by atoms with Crippen molar-refractivity contribution in [1.82, 2.24) is 19.9 Å². The highest BCUT2D eigenvalue weighted by molar-refractivity contribution is 6.32. The van der Waals surface area contributed by atoms with Crippen molar-refractivity contribution in [2.24, 2.45) is 17.8 Å². The summed E-state index contributed by atoms with van der Waals surface area (Å²) in [5, 5.41) is 9.63. The molecular formula is C30H32ClF4N5O2. The molecule has 4 fully saturated rings. The Hall–Kier alpha value is -2.92. The Morgan fingerprint density at radius 3 is 2.64 bits per heavy atom. The summed E-state index contributed by atoms with van der Waals surface area (Å²) in [6.07, 6.45) is 2.86. The molecule has 3 aliphatic heterocycles. The number of ether oxygens (including phenoxy) is 1. The van der Waals surface area contributed by atoms with E-state index in [0.29, 0.717) is 35.6 Å². The van der Waals surface area contributed by atoms with Gasteiger partial charge in [-0.05, 0) is 75.0 Å². The van der Waals surface area contributed by atoms with Gasteiger partial charge in [-0.1, -0.05) is 18.5 Å². The average Bonchev–Trinajstić information content (AvgIpc) is 3.56. The van der Waals surface area contributed by atoms with Gasteiger partial charge in [-0.25, -0.2) is 4.39 Å². The van der Waals surface area contributed by atoms with Crippen molar-refractivity contribution < 1.29 is 27.4 Å². The number of piperidine rings is 1. The van der Waals surface area contributed by atoms with Crippen molar-refractivity contribution in [3.05, 3.63) is 34.7 Å². The Labute approximate surface area is 245 Å². The number of benzene rings is 1. The van der Waals surface area contributed by atoms with Crippen molar-refractivity contribution >= 4 is 28.3 Å². The number of halogens is 5. The van der Waals surface area contributed by atoms with Crippen molar-refractivity contribution in [1.29, 1.82) is 0 Å². The lowest BCUT2D eigenvalue weighted by molar-refractivity contribution is -0.137. The van der Waals surface area contributed by atoms with E-state index in [1.54, 1.807) is 0 Å². The van der Waals surface area contributed by atoms with Crippen LogP contribution in [-0.2, 0) is 6.18 Å². The first kappa shape index (κ1) is 27.9. The Morgan fingerprint density at radius 2 is 1.90 bits per heavy atom. The van der Waals surface area contributed by atoms with E-state index in [4.69, 9.17) is 21.3 Å². The normalized spacial score (nSPS) is 27.7. The van der Waals surface area contributed by atoms with Crippen LogP contribution in [0.4, 0.5) is 23.4 Å². The molecule has 1 N–H and O–H groups in total. The van der Waals surface area contributed by atoms with Crippen molar-refractivity contribution in [2.45, 2.75) is 57.2 Å². The summed E-state index contributed by atoms with van der Waals surface area (Å²) in [6.45, 7) is 6.09. The van der Waals surface area contributed by atoms with Crippen LogP contribution in [0.1, 0.15) is 51.0 Å². The van der Waals surface area contributed by atoms with E-state index in [1.165, 1.54) is 6.20 Å². The van der Waals surface area contributed by atoms with Gasteiger partial charge in [0.1, 0.15) is 29.4 Å². The van der Waals surface area contributed by atoms with Gasteiger partial charge in [-0.3, -0.25) is 9.88 Å². The van der Waals surface area contributed by atoms with E-state index in [0.717, 1.165) is 76.8 Å². The number of hydrogen-bond acceptors (Lipinski definition) is 7. The molecule has 0 spiro atoms. The van der Waals surface area contributed by atoms with Crippen molar-refractivity contribution in [3.63, 3.8) is 0 Å². The molecular weight excluding hydrogens is 574 g/mol. The van der Waals surface area contributed by atoms with Crippen LogP contribution in [0.2, 0.25) is 5.02 Å². The maximum atomic E-state index is 16.4. The van der Waals surface area contributed by atoms with Gasteiger partial charge in [-0.15, -0.1) is 0 Å². The van der Waals surface area contributed by atoms with E-state index in [1.807, 2.05) is 0 Å². The monoisotopic (exact) mass is 605 g/mol. The van der Waals surface area contributed by atoms with Gasteiger partial charge in [0.15, 0.2) is 5.82 Å². The summed E-state index contributed by atoms with van der Waals surface area (Å²) >= 11 is 5.90. The van der Waals surface area contributed by atoms with E-state index >= 15 is 4.39 Å². The number of nitrogens with zero attached hydrogens (tertiary/aromatic N) is 5. The molecule has 42 heavy (non-hydrogen) atoms. The second-order valence-corrected chi connectivity index (χ2v) is 13.1. The fraction of sp³-hybridized carbons (Fsp3) is 0.567. The van der Waals surface area contributed by atoms with Crippen LogP contribution in [0.3, 0.4) is 0 Å². The number of pyridine rings is 1. The molecule has 7 nitrogen and oxygen atoms in total. The molecule has 5 heterocycles. The molecule has 1 aliphatic carbocycles. The zero-order chi connectivity index (χ0) is 29.4. The second-order valence-electron chi connectivity index (χ2n) is 12.7. The van der Waals surface area contributed by atoms with E-state index in [-0.39, 0.29) is 17.1 Å². The molecule has 1 saturated carbocycles. The molecule has 0 radical (unpaired) electrons. The third-order valence-electron chi connectivity index (χ3n) is 9.64. The average molecular weight is 606 g/mol. The summed E-state index contributed by atoms with van der Waals surface area (Å²) < 4.78 is 64.7. The molecule has 0 amide bonds. The molecule has 2 bridgehead atoms. The number of aromatic nitrogens is 3. The van der Waals surface area contributed by atoms with Gasteiger partial charge in [-0.2, -0.15) is 23.1 Å². The molecule has 3 aromatic rings. The van der Waals surface area contributed by atoms with Gasteiger partial charge >= 0.3 is 12.2 Å². The second kappa shape index (κ2) is 10.1. The lowest BCUT2D eigenvalue weighted by Gasteiger charge is -2.34. The maximum Gasteiger partial charge on any atom is 0.418 e. The summed E-state index contributed by atoms with van der Waals surface area (Å²) in [4.78, 5) is 17.9. The molecule has 7 rings (SSSR count). The van der Waals surface area contributed by atoms with Gasteiger partial charge in [0.2, 0.25) is 0 Å². The fourth-order valence-corrected chi connectivity index (χ4v) is 8.31. The SMILES string of the molecule is C[C@H]1CN2CCC[C@@]2(COc2nc(N3CC4CCC(C4)C3)c3cnc(-c4cc(O)cc(Cl)c4C(F)(F)F)c(F)c3n2)C1. The highest BCUT2D eigenvalue weighted by atomic mass is 35.5. The van der Waals surface area contributed by atoms with Crippen LogP contribution in [-0.4, -0.2) is 63.3 Å². The Bertz CT molecular complexity index is 1540. The van der Waals surface area contributed by atoms with Crippen LogP contribution in [0.25, 0.3) is 22.2 Å². The minimum atomic E-state index is -4.91. The number of hydrogen-bond donors (Lipinski definition) is 1. The predicted molar refractivity (Wildman–Crippen MR) is 150 cm³/mol. The first-order chi connectivity index (χ1) is 20.0. The Morgan fingerprint density at radius 1 is 1.14 bits per heavy atom. The van der Waals surface area contributed by atoms with E-state index < -0.39 is 39.6 Å². The maximum absolute atomic E-state index is 16.4. The summed E-state index contributed by atoms with van der Waals surface area (Å²) in [5.74, 6) is 0.439. The van der Waals surface area contributed by atoms with Crippen LogP contribution < -0.4 is 9.64 Å². The third kappa shape index (κ3) is 4.72. The molecule has 2 unspecified atom stereocenters. The van der Waals surface area contributed by atoms with Crippen LogP contribution in [0.5, 0.6) is 11.8 Å². The highest BCUT2D eigenvalue weighted by Gasteiger charge is 2.48. The van der Waals surface area contributed by atoms with Crippen LogP contribution in [0.15, 0.2) is 18.3 Å². The van der Waals surface area contributed by atoms with Gasteiger partial charge in [0.25, 0.3) is 0 Å². The fourth-order valence-electron chi connectivity index (χ4n) is 7.98. The lowest BCUT2D eigenvalue weighted by atomic mass is 9.92. The highest BCUT2D eigenvalue weighted by Crippen LogP contribution is 2.46. The topological polar surface area (TPSA) is 74.6 Å². The predicted octanol–water partition coefficient (Wildman–Crippen LogP) is 6.70. The number of fused-ring (bicyclic) bond motifs is 4. The molecule has 12 heteroatoms.